The van der Waals surface area contributed by atoms with Crippen LogP contribution in [0.1, 0.15) is 23.6 Å². The van der Waals surface area contributed by atoms with Gasteiger partial charge in [-0.1, -0.05) is 53.5 Å². The van der Waals surface area contributed by atoms with E-state index < -0.39 is 6.04 Å². The number of nitrogens with zero attached hydrogens (tertiary/aromatic N) is 1. The third-order valence-electron chi connectivity index (χ3n) is 4.55. The maximum atomic E-state index is 12.9. The van der Waals surface area contributed by atoms with Crippen LogP contribution in [0.4, 0.5) is 0 Å². The second kappa shape index (κ2) is 10.7. The standard InChI is InChI=1S/C21H24Cl2N2O2S/c1-14-7-4-5-8-16(14)12-28-13-20(26)25(15(2)21(27)24-3)11-17-18(22)9-6-10-19(17)23/h4-10,15H,11-13H2,1-3H3,(H,24,27)/t15-/m1/s1. The molecule has 0 aliphatic carbocycles. The molecule has 0 saturated carbocycles. The second-order valence-corrected chi connectivity index (χ2v) is 8.23. The van der Waals surface area contributed by atoms with Gasteiger partial charge in [-0.3, -0.25) is 9.59 Å². The molecule has 0 fully saturated rings. The first-order valence-corrected chi connectivity index (χ1v) is 10.8. The van der Waals surface area contributed by atoms with Gasteiger partial charge in [0.05, 0.1) is 5.75 Å². The fourth-order valence-electron chi connectivity index (χ4n) is 2.75. The highest BCUT2D eigenvalue weighted by molar-refractivity contribution is 7.99. The summed E-state index contributed by atoms with van der Waals surface area (Å²) in [7, 11) is 1.55. The van der Waals surface area contributed by atoms with Gasteiger partial charge in [-0.2, -0.15) is 0 Å². The summed E-state index contributed by atoms with van der Waals surface area (Å²) < 4.78 is 0. The molecule has 0 unspecified atom stereocenters. The smallest absolute Gasteiger partial charge is 0.242 e. The van der Waals surface area contributed by atoms with Crippen LogP contribution in [0.15, 0.2) is 42.5 Å². The molecule has 0 aromatic heterocycles. The van der Waals surface area contributed by atoms with Gasteiger partial charge in [-0.15, -0.1) is 11.8 Å². The molecule has 0 aliphatic rings. The van der Waals surface area contributed by atoms with Crippen molar-refractivity contribution in [2.45, 2.75) is 32.2 Å². The molecule has 0 heterocycles. The van der Waals surface area contributed by atoms with E-state index in [1.807, 2.05) is 12.1 Å². The molecular weight excluding hydrogens is 415 g/mol. The lowest BCUT2D eigenvalue weighted by Crippen LogP contribution is -2.47. The topological polar surface area (TPSA) is 49.4 Å². The minimum Gasteiger partial charge on any atom is -0.357 e. The number of carbonyl (C=O) groups excluding carboxylic acids is 2. The Balaban J connectivity index is 2.13. The number of hydrogen-bond acceptors (Lipinski definition) is 3. The molecule has 0 saturated heterocycles. The first-order chi connectivity index (χ1) is 13.3. The van der Waals surface area contributed by atoms with Crippen molar-refractivity contribution < 1.29 is 9.59 Å². The summed E-state index contributed by atoms with van der Waals surface area (Å²) in [4.78, 5) is 26.7. The molecule has 150 valence electrons. The SMILES string of the molecule is CNC(=O)[C@@H](C)N(Cc1c(Cl)cccc1Cl)C(=O)CSCc1ccccc1C. The largest absolute Gasteiger partial charge is 0.357 e. The minimum absolute atomic E-state index is 0.134. The Kier molecular flexibility index (Phi) is 8.67. The number of thioether (sulfide) groups is 1. The summed E-state index contributed by atoms with van der Waals surface area (Å²) >= 11 is 14.1. The number of halogens is 2. The summed E-state index contributed by atoms with van der Waals surface area (Å²) in [5, 5.41) is 3.55. The predicted octanol–water partition coefficient (Wildman–Crippen LogP) is 4.70. The van der Waals surface area contributed by atoms with E-state index in [1.165, 1.54) is 27.8 Å². The molecule has 28 heavy (non-hydrogen) atoms. The Morgan fingerprint density at radius 3 is 2.36 bits per heavy atom. The molecule has 0 aliphatic heterocycles. The van der Waals surface area contributed by atoms with Crippen LogP contribution in [0, 0.1) is 6.92 Å². The molecule has 2 aromatic rings. The van der Waals surface area contributed by atoms with Gasteiger partial charge in [0.15, 0.2) is 0 Å². The van der Waals surface area contributed by atoms with E-state index in [0.717, 1.165) is 5.75 Å². The second-order valence-electron chi connectivity index (χ2n) is 6.43. The van der Waals surface area contributed by atoms with E-state index >= 15 is 0 Å². The van der Waals surface area contributed by atoms with Crippen molar-refractivity contribution in [1.29, 1.82) is 0 Å². The maximum absolute atomic E-state index is 12.9. The molecular formula is C21H24Cl2N2O2S. The quantitative estimate of drug-likeness (QED) is 0.649. The summed E-state index contributed by atoms with van der Waals surface area (Å²) in [6, 6.07) is 12.7. The van der Waals surface area contributed by atoms with E-state index in [-0.39, 0.29) is 24.1 Å². The lowest BCUT2D eigenvalue weighted by molar-refractivity contribution is -0.138. The number of rotatable bonds is 8. The Bertz CT molecular complexity index is 825. The third-order valence-corrected chi connectivity index (χ3v) is 6.22. The molecule has 2 rings (SSSR count). The molecule has 7 heteroatoms. The average Bonchev–Trinajstić information content (AvgIpc) is 2.68. The molecule has 1 N–H and O–H groups in total. The van der Waals surface area contributed by atoms with Gasteiger partial charge in [0.25, 0.3) is 0 Å². The van der Waals surface area contributed by atoms with Crippen LogP contribution in [0.3, 0.4) is 0 Å². The zero-order valence-electron chi connectivity index (χ0n) is 16.2. The first kappa shape index (κ1) is 22.6. The number of carbonyl (C=O) groups is 2. The lowest BCUT2D eigenvalue weighted by Gasteiger charge is -2.29. The van der Waals surface area contributed by atoms with Crippen molar-refractivity contribution in [3.63, 3.8) is 0 Å². The van der Waals surface area contributed by atoms with Gasteiger partial charge in [0.1, 0.15) is 6.04 Å². The molecule has 2 amide bonds. The number of amides is 2. The van der Waals surface area contributed by atoms with Crippen molar-refractivity contribution in [2.75, 3.05) is 12.8 Å². The first-order valence-electron chi connectivity index (χ1n) is 8.91. The fourth-order valence-corrected chi connectivity index (χ4v) is 4.25. The number of hydrogen-bond donors (Lipinski definition) is 1. The van der Waals surface area contributed by atoms with Gasteiger partial charge >= 0.3 is 0 Å². The van der Waals surface area contributed by atoms with Crippen LogP contribution in [0.5, 0.6) is 0 Å². The Labute approximate surface area is 180 Å². The summed E-state index contributed by atoms with van der Waals surface area (Å²) in [6.45, 7) is 3.93. The van der Waals surface area contributed by atoms with Crippen LogP contribution in [0.2, 0.25) is 10.0 Å². The molecule has 1 atom stereocenters. The van der Waals surface area contributed by atoms with E-state index in [4.69, 9.17) is 23.2 Å². The van der Waals surface area contributed by atoms with Crippen molar-refractivity contribution >= 4 is 46.8 Å². The highest BCUT2D eigenvalue weighted by Crippen LogP contribution is 2.27. The fraction of sp³-hybridized carbons (Fsp3) is 0.333. The molecule has 2 aromatic carbocycles. The van der Waals surface area contributed by atoms with Gasteiger partial charge < -0.3 is 10.2 Å². The zero-order chi connectivity index (χ0) is 20.7. The molecule has 0 bridgehead atoms. The number of nitrogens with one attached hydrogen (secondary N) is 1. The van der Waals surface area contributed by atoms with Crippen molar-refractivity contribution in [3.8, 4) is 0 Å². The zero-order valence-corrected chi connectivity index (χ0v) is 18.5. The lowest BCUT2D eigenvalue weighted by atomic mass is 10.1. The maximum Gasteiger partial charge on any atom is 0.242 e. The van der Waals surface area contributed by atoms with E-state index in [1.54, 1.807) is 32.2 Å². The number of benzene rings is 2. The van der Waals surface area contributed by atoms with Crippen molar-refractivity contribution in [1.82, 2.24) is 10.2 Å². The summed E-state index contributed by atoms with van der Waals surface area (Å²) in [5.74, 6) is 0.622. The minimum atomic E-state index is -0.635. The van der Waals surface area contributed by atoms with Crippen LogP contribution in [0.25, 0.3) is 0 Å². The van der Waals surface area contributed by atoms with Gasteiger partial charge in [0, 0.05) is 35.0 Å². The van der Waals surface area contributed by atoms with E-state index in [9.17, 15) is 9.59 Å². The third kappa shape index (κ3) is 5.90. The number of likely N-dealkylation sites (N-methyl/N-ethyl adjacent to an activating group) is 1. The van der Waals surface area contributed by atoms with Crippen LogP contribution in [-0.2, 0) is 21.9 Å². The van der Waals surface area contributed by atoms with Gasteiger partial charge in [-0.25, -0.2) is 0 Å². The number of aryl methyl sites for hydroxylation is 1. The highest BCUT2D eigenvalue weighted by atomic mass is 35.5. The Morgan fingerprint density at radius 1 is 1.11 bits per heavy atom. The summed E-state index contributed by atoms with van der Waals surface area (Å²) in [6.07, 6.45) is 0. The average molecular weight is 439 g/mol. The summed E-state index contributed by atoms with van der Waals surface area (Å²) in [5.41, 5.74) is 3.03. The van der Waals surface area contributed by atoms with Crippen LogP contribution in [-0.4, -0.2) is 35.6 Å². The normalized spacial score (nSPS) is 11.8. The van der Waals surface area contributed by atoms with Crippen LogP contribution >= 0.6 is 35.0 Å². The van der Waals surface area contributed by atoms with Crippen molar-refractivity contribution in [2.24, 2.45) is 0 Å². The van der Waals surface area contributed by atoms with Gasteiger partial charge in [0.2, 0.25) is 11.8 Å². The van der Waals surface area contributed by atoms with E-state index in [0.29, 0.717) is 15.6 Å². The van der Waals surface area contributed by atoms with Crippen molar-refractivity contribution in [3.05, 3.63) is 69.2 Å². The van der Waals surface area contributed by atoms with Gasteiger partial charge in [-0.05, 0) is 37.1 Å². The molecule has 0 spiro atoms. The highest BCUT2D eigenvalue weighted by Gasteiger charge is 2.26. The Morgan fingerprint density at radius 2 is 1.75 bits per heavy atom. The van der Waals surface area contributed by atoms with Crippen LogP contribution < -0.4 is 5.32 Å². The predicted molar refractivity (Wildman–Crippen MR) is 118 cm³/mol. The molecule has 0 radical (unpaired) electrons. The van der Waals surface area contributed by atoms with E-state index in [2.05, 4.69) is 24.4 Å². The Hall–Kier alpha value is -1.69. The monoisotopic (exact) mass is 438 g/mol. The molecule has 4 nitrogen and oxygen atoms in total.